The van der Waals surface area contributed by atoms with Crippen molar-refractivity contribution in [3.8, 4) is 0 Å². The van der Waals surface area contributed by atoms with Crippen molar-refractivity contribution in [1.29, 1.82) is 0 Å². The first-order valence-corrected chi connectivity index (χ1v) is 5.24. The first kappa shape index (κ1) is 9.96. The number of nitrogens with one attached hydrogen (secondary N) is 1. The Kier molecular flexibility index (Phi) is 2.85. The Balaban J connectivity index is 2.29. The second-order valence-corrected chi connectivity index (χ2v) is 3.83. The zero-order chi connectivity index (χ0) is 10.7. The number of amides is 1. The lowest BCUT2D eigenvalue weighted by atomic mass is 10.1. The molecule has 4 heteroatoms. The average molecular weight is 205 g/mol. The Hall–Kier alpha value is -1.58. The summed E-state index contributed by atoms with van der Waals surface area (Å²) in [4.78, 5) is 10.1. The maximum absolute atomic E-state index is 10.1. The van der Waals surface area contributed by atoms with Gasteiger partial charge in [0.1, 0.15) is 0 Å². The first-order valence-electron chi connectivity index (χ1n) is 5.24. The molecule has 0 bridgehead atoms. The molecule has 0 aliphatic carbocycles. The second kappa shape index (κ2) is 4.29. The van der Waals surface area contributed by atoms with Crippen LogP contribution in [0.2, 0.25) is 0 Å². The molecule has 2 rings (SSSR count). The number of carbonyl (C=O) groups is 1. The number of hydrogen-bond acceptors (Lipinski definition) is 2. The van der Waals surface area contributed by atoms with Gasteiger partial charge in [-0.25, -0.2) is 5.43 Å². The second-order valence-electron chi connectivity index (χ2n) is 3.83. The third-order valence-electron chi connectivity index (χ3n) is 2.82. The van der Waals surface area contributed by atoms with E-state index in [0.29, 0.717) is 6.41 Å². The largest absolute Gasteiger partial charge is 0.350 e. The van der Waals surface area contributed by atoms with Crippen molar-refractivity contribution in [2.45, 2.75) is 32.7 Å². The molecule has 4 nitrogen and oxygen atoms in total. The van der Waals surface area contributed by atoms with Crippen LogP contribution in [-0.4, -0.2) is 17.2 Å². The van der Waals surface area contributed by atoms with Gasteiger partial charge in [-0.3, -0.25) is 4.79 Å². The van der Waals surface area contributed by atoms with Crippen LogP contribution < -0.4 is 5.43 Å². The number of rotatable bonds is 3. The molecule has 0 spiro atoms. The summed E-state index contributed by atoms with van der Waals surface area (Å²) in [6.07, 6.45) is 8.08. The van der Waals surface area contributed by atoms with Crippen LogP contribution in [0.4, 0.5) is 0 Å². The highest BCUT2D eigenvalue weighted by molar-refractivity contribution is 5.83. The fourth-order valence-electron chi connectivity index (χ4n) is 2.12. The first-order chi connectivity index (χ1) is 7.33. The number of aryl methyl sites for hydroxylation is 2. The molecule has 1 aliphatic heterocycles. The number of nitrogens with zero attached hydrogens (tertiary/aromatic N) is 2. The third-order valence-corrected chi connectivity index (χ3v) is 2.82. The minimum atomic E-state index is 0.578. The van der Waals surface area contributed by atoms with E-state index in [9.17, 15) is 4.79 Å². The fraction of sp³-hybridized carbons (Fsp3) is 0.455. The summed E-state index contributed by atoms with van der Waals surface area (Å²) in [7, 11) is 0. The molecule has 1 amide bonds. The van der Waals surface area contributed by atoms with Crippen LogP contribution in [0.25, 0.3) is 0 Å². The molecular weight excluding hydrogens is 190 g/mol. The highest BCUT2D eigenvalue weighted by Crippen LogP contribution is 2.22. The van der Waals surface area contributed by atoms with E-state index < -0.39 is 0 Å². The van der Waals surface area contributed by atoms with Gasteiger partial charge in [0.2, 0.25) is 6.41 Å². The van der Waals surface area contributed by atoms with Crippen molar-refractivity contribution in [3.63, 3.8) is 0 Å². The molecule has 1 aromatic heterocycles. The van der Waals surface area contributed by atoms with Gasteiger partial charge in [0.05, 0.1) is 6.21 Å². The number of fused-ring (bicyclic) bond motifs is 1. The third kappa shape index (κ3) is 1.93. The van der Waals surface area contributed by atoms with Crippen LogP contribution in [-0.2, 0) is 17.8 Å². The highest BCUT2D eigenvalue weighted by Gasteiger charge is 2.14. The van der Waals surface area contributed by atoms with E-state index >= 15 is 0 Å². The van der Waals surface area contributed by atoms with Crippen LogP contribution in [0, 0.1) is 6.92 Å². The summed E-state index contributed by atoms with van der Waals surface area (Å²) in [6.45, 7) is 3.18. The number of hydrazone groups is 1. The van der Waals surface area contributed by atoms with E-state index in [1.165, 1.54) is 24.1 Å². The topological polar surface area (TPSA) is 46.4 Å². The molecule has 15 heavy (non-hydrogen) atoms. The van der Waals surface area contributed by atoms with Gasteiger partial charge in [0.15, 0.2) is 0 Å². The van der Waals surface area contributed by atoms with E-state index in [4.69, 9.17) is 0 Å². The molecule has 2 heterocycles. The molecule has 80 valence electrons. The van der Waals surface area contributed by atoms with Crippen LogP contribution in [0.15, 0.2) is 11.3 Å². The van der Waals surface area contributed by atoms with Gasteiger partial charge in [0.25, 0.3) is 0 Å². The van der Waals surface area contributed by atoms with Crippen LogP contribution >= 0.6 is 0 Å². The minimum Gasteiger partial charge on any atom is -0.350 e. The standard InChI is InChI=1S/C11H15N3O/c1-9-7-14-5-3-2-4-11(14)10(9)6-12-13-8-15/h6-8H,2-5H2,1H3,(H,13,15)/b12-6-. The van der Waals surface area contributed by atoms with Gasteiger partial charge >= 0.3 is 0 Å². The molecular formula is C11H15N3O. The summed E-state index contributed by atoms with van der Waals surface area (Å²) in [5, 5.41) is 3.84. The van der Waals surface area contributed by atoms with E-state index in [0.717, 1.165) is 18.5 Å². The minimum absolute atomic E-state index is 0.578. The van der Waals surface area contributed by atoms with Gasteiger partial charge in [0, 0.05) is 24.0 Å². The molecule has 1 aromatic rings. The quantitative estimate of drug-likeness (QED) is 0.450. The van der Waals surface area contributed by atoms with Crippen molar-refractivity contribution >= 4 is 12.6 Å². The predicted octanol–water partition coefficient (Wildman–Crippen LogP) is 1.21. The molecule has 0 radical (unpaired) electrons. The highest BCUT2D eigenvalue weighted by atomic mass is 16.1. The summed E-state index contributed by atoms with van der Waals surface area (Å²) in [6, 6.07) is 0. The average Bonchev–Trinajstić information content (AvgIpc) is 2.56. The Morgan fingerprint density at radius 2 is 2.40 bits per heavy atom. The zero-order valence-corrected chi connectivity index (χ0v) is 8.86. The summed E-state index contributed by atoms with van der Waals surface area (Å²) in [5.41, 5.74) is 6.02. The molecule has 0 fully saturated rings. The fourth-order valence-corrected chi connectivity index (χ4v) is 2.12. The maximum Gasteiger partial charge on any atom is 0.227 e. The Labute approximate surface area is 89.0 Å². The van der Waals surface area contributed by atoms with Crippen molar-refractivity contribution in [2.24, 2.45) is 5.10 Å². The van der Waals surface area contributed by atoms with E-state index in [1.807, 2.05) is 0 Å². The monoisotopic (exact) mass is 205 g/mol. The van der Waals surface area contributed by atoms with Gasteiger partial charge in [-0.05, 0) is 31.7 Å². The van der Waals surface area contributed by atoms with Crippen LogP contribution in [0.5, 0.6) is 0 Å². The zero-order valence-electron chi connectivity index (χ0n) is 8.86. The Morgan fingerprint density at radius 3 is 3.20 bits per heavy atom. The summed E-state index contributed by atoms with van der Waals surface area (Å²) in [5.74, 6) is 0. The molecule has 1 aliphatic rings. The normalized spacial score (nSPS) is 15.3. The molecule has 0 saturated heterocycles. The number of hydrogen-bond donors (Lipinski definition) is 1. The molecule has 0 atom stereocenters. The predicted molar refractivity (Wildman–Crippen MR) is 58.9 cm³/mol. The Morgan fingerprint density at radius 1 is 1.53 bits per heavy atom. The maximum atomic E-state index is 10.1. The molecule has 0 aromatic carbocycles. The number of carbonyl (C=O) groups excluding carboxylic acids is 1. The van der Waals surface area contributed by atoms with Gasteiger partial charge in [-0.2, -0.15) is 5.10 Å². The van der Waals surface area contributed by atoms with Gasteiger partial charge in [-0.15, -0.1) is 0 Å². The number of aromatic nitrogens is 1. The molecule has 1 N–H and O–H groups in total. The van der Waals surface area contributed by atoms with Crippen LogP contribution in [0.1, 0.15) is 29.7 Å². The summed E-state index contributed by atoms with van der Waals surface area (Å²) >= 11 is 0. The van der Waals surface area contributed by atoms with Crippen LogP contribution in [0.3, 0.4) is 0 Å². The van der Waals surface area contributed by atoms with Gasteiger partial charge in [-0.1, -0.05) is 0 Å². The van der Waals surface area contributed by atoms with Crippen molar-refractivity contribution in [1.82, 2.24) is 9.99 Å². The smallest absolute Gasteiger partial charge is 0.227 e. The van der Waals surface area contributed by atoms with E-state index in [2.05, 4.69) is 28.2 Å². The van der Waals surface area contributed by atoms with Crippen molar-refractivity contribution < 1.29 is 4.79 Å². The molecule has 0 unspecified atom stereocenters. The summed E-state index contributed by atoms with van der Waals surface area (Å²) < 4.78 is 2.29. The van der Waals surface area contributed by atoms with Crippen molar-refractivity contribution in [3.05, 3.63) is 23.0 Å². The lowest BCUT2D eigenvalue weighted by Gasteiger charge is -2.15. The SMILES string of the molecule is Cc1cn2c(c1/C=N\NC=O)CCCC2. The Bertz CT molecular complexity index is 393. The lowest BCUT2D eigenvalue weighted by molar-refractivity contribution is -0.109. The molecule has 0 saturated carbocycles. The van der Waals surface area contributed by atoms with E-state index in [1.54, 1.807) is 6.21 Å². The lowest BCUT2D eigenvalue weighted by Crippen LogP contribution is -2.10. The van der Waals surface area contributed by atoms with Crippen molar-refractivity contribution in [2.75, 3.05) is 0 Å². The van der Waals surface area contributed by atoms with Gasteiger partial charge < -0.3 is 4.57 Å². The van der Waals surface area contributed by atoms with E-state index in [-0.39, 0.29) is 0 Å².